The molecule has 0 aromatic carbocycles. The second kappa shape index (κ2) is 8.10. The second-order valence-corrected chi connectivity index (χ2v) is 4.29. The summed E-state index contributed by atoms with van der Waals surface area (Å²) >= 11 is 0. The molecule has 0 aliphatic carbocycles. The fraction of sp³-hybridized carbons (Fsp3) is 0.917. The maximum Gasteiger partial charge on any atom is 0.0655 e. The lowest BCUT2D eigenvalue weighted by Crippen LogP contribution is -1.99. The van der Waals surface area contributed by atoms with Crippen LogP contribution in [0.3, 0.4) is 0 Å². The van der Waals surface area contributed by atoms with Crippen molar-refractivity contribution in [3.8, 4) is 6.07 Å². The summed E-state index contributed by atoms with van der Waals surface area (Å²) in [5.41, 5.74) is 0. The van der Waals surface area contributed by atoms with E-state index in [9.17, 15) is 0 Å². The molecule has 1 unspecified atom stereocenters. The van der Waals surface area contributed by atoms with Crippen molar-refractivity contribution in [3.05, 3.63) is 0 Å². The smallest absolute Gasteiger partial charge is 0.0655 e. The molecule has 1 heteroatoms. The second-order valence-electron chi connectivity index (χ2n) is 4.29. The molecular formula is C12H23N. The van der Waals surface area contributed by atoms with Crippen LogP contribution in [0.25, 0.3) is 0 Å². The number of hydrogen-bond donors (Lipinski definition) is 0. The Bertz CT molecular complexity index is 144. The van der Waals surface area contributed by atoms with Gasteiger partial charge in [0.2, 0.25) is 0 Å². The van der Waals surface area contributed by atoms with Crippen LogP contribution in [0.2, 0.25) is 0 Å². The zero-order chi connectivity index (χ0) is 10.1. The summed E-state index contributed by atoms with van der Waals surface area (Å²) in [6, 6.07) is 2.42. The number of rotatable bonds is 7. The Morgan fingerprint density at radius 3 is 2.23 bits per heavy atom. The molecule has 76 valence electrons. The van der Waals surface area contributed by atoms with Crippen molar-refractivity contribution < 1.29 is 0 Å². The molecule has 0 saturated heterocycles. The van der Waals surface area contributed by atoms with Crippen LogP contribution in [-0.4, -0.2) is 0 Å². The predicted octanol–water partition coefficient (Wildman–Crippen LogP) is 4.14. The van der Waals surface area contributed by atoms with Gasteiger partial charge in [-0.2, -0.15) is 5.26 Å². The van der Waals surface area contributed by atoms with Crippen LogP contribution in [0.1, 0.15) is 59.3 Å². The molecule has 1 atom stereocenters. The first-order valence-corrected chi connectivity index (χ1v) is 5.60. The van der Waals surface area contributed by atoms with E-state index in [4.69, 9.17) is 5.26 Å². The monoisotopic (exact) mass is 181 g/mol. The molecule has 0 heterocycles. The Kier molecular flexibility index (Phi) is 7.79. The number of hydrogen-bond acceptors (Lipinski definition) is 1. The zero-order valence-electron chi connectivity index (χ0n) is 9.34. The lowest BCUT2D eigenvalue weighted by molar-refractivity contribution is 0.452. The van der Waals surface area contributed by atoms with Gasteiger partial charge in [0.05, 0.1) is 6.07 Å². The minimum Gasteiger partial charge on any atom is -0.198 e. The third-order valence-corrected chi connectivity index (χ3v) is 2.43. The van der Waals surface area contributed by atoms with Crippen molar-refractivity contribution in [2.75, 3.05) is 0 Å². The zero-order valence-corrected chi connectivity index (χ0v) is 9.34. The Morgan fingerprint density at radius 2 is 1.77 bits per heavy atom. The summed E-state index contributed by atoms with van der Waals surface area (Å²) in [6.45, 7) is 6.65. The third kappa shape index (κ3) is 7.84. The van der Waals surface area contributed by atoms with Crippen LogP contribution < -0.4 is 0 Å². The van der Waals surface area contributed by atoms with Gasteiger partial charge in [0.1, 0.15) is 0 Å². The summed E-state index contributed by atoms with van der Waals surface area (Å²) in [6.07, 6.45) is 7.16. The lowest BCUT2D eigenvalue weighted by Gasteiger charge is -2.09. The molecule has 0 aliphatic heterocycles. The quantitative estimate of drug-likeness (QED) is 0.541. The highest BCUT2D eigenvalue weighted by Crippen LogP contribution is 2.17. The Hall–Kier alpha value is -0.510. The average molecular weight is 181 g/mol. The molecule has 0 bridgehead atoms. The largest absolute Gasteiger partial charge is 0.198 e. The molecule has 0 aromatic rings. The van der Waals surface area contributed by atoms with E-state index < -0.39 is 0 Å². The van der Waals surface area contributed by atoms with Crippen molar-refractivity contribution in [3.63, 3.8) is 0 Å². The summed E-state index contributed by atoms with van der Waals surface area (Å²) in [5.74, 6) is 1.05. The molecule has 0 aliphatic rings. The average Bonchev–Trinajstić information content (AvgIpc) is 2.10. The maximum atomic E-state index is 8.89. The minimum atomic E-state index is 0.314. The fourth-order valence-electron chi connectivity index (χ4n) is 1.45. The molecule has 0 fully saturated rings. The maximum absolute atomic E-state index is 8.89. The van der Waals surface area contributed by atoms with Crippen LogP contribution in [0.5, 0.6) is 0 Å². The van der Waals surface area contributed by atoms with Crippen LogP contribution in [0, 0.1) is 23.2 Å². The SMILES string of the molecule is CCCCCC(C#N)CCC(C)C. The van der Waals surface area contributed by atoms with Crippen molar-refractivity contribution in [1.82, 2.24) is 0 Å². The first-order valence-electron chi connectivity index (χ1n) is 5.60. The fourth-order valence-corrected chi connectivity index (χ4v) is 1.45. The highest BCUT2D eigenvalue weighted by molar-refractivity contribution is 4.82. The number of nitriles is 1. The van der Waals surface area contributed by atoms with Gasteiger partial charge < -0.3 is 0 Å². The molecule has 0 aromatic heterocycles. The van der Waals surface area contributed by atoms with Gasteiger partial charge in [-0.15, -0.1) is 0 Å². The highest BCUT2D eigenvalue weighted by Gasteiger charge is 2.07. The standard InChI is InChI=1S/C12H23N/c1-4-5-6-7-12(10-13)9-8-11(2)3/h11-12H,4-9H2,1-3H3. The van der Waals surface area contributed by atoms with E-state index in [1.807, 2.05) is 0 Å². The lowest BCUT2D eigenvalue weighted by atomic mass is 9.94. The van der Waals surface area contributed by atoms with Crippen LogP contribution in [0.15, 0.2) is 0 Å². The van der Waals surface area contributed by atoms with E-state index in [2.05, 4.69) is 26.8 Å². The van der Waals surface area contributed by atoms with E-state index in [-0.39, 0.29) is 0 Å². The Morgan fingerprint density at radius 1 is 1.08 bits per heavy atom. The molecule has 13 heavy (non-hydrogen) atoms. The summed E-state index contributed by atoms with van der Waals surface area (Å²) in [5, 5.41) is 8.89. The van der Waals surface area contributed by atoms with Gasteiger partial charge in [0.15, 0.2) is 0 Å². The van der Waals surface area contributed by atoms with Gasteiger partial charge in [0, 0.05) is 5.92 Å². The van der Waals surface area contributed by atoms with Gasteiger partial charge in [-0.25, -0.2) is 0 Å². The van der Waals surface area contributed by atoms with Crippen molar-refractivity contribution >= 4 is 0 Å². The van der Waals surface area contributed by atoms with Gasteiger partial charge in [-0.1, -0.05) is 40.0 Å². The summed E-state index contributed by atoms with van der Waals surface area (Å²) < 4.78 is 0. The van der Waals surface area contributed by atoms with Gasteiger partial charge >= 0.3 is 0 Å². The highest BCUT2D eigenvalue weighted by atomic mass is 14.3. The van der Waals surface area contributed by atoms with Crippen molar-refractivity contribution in [2.24, 2.45) is 11.8 Å². The van der Waals surface area contributed by atoms with Crippen molar-refractivity contribution in [2.45, 2.75) is 59.3 Å². The Balaban J connectivity index is 3.47. The molecule has 0 N–H and O–H groups in total. The first-order chi connectivity index (χ1) is 6.20. The molecule has 0 rings (SSSR count). The van der Waals surface area contributed by atoms with E-state index >= 15 is 0 Å². The van der Waals surface area contributed by atoms with E-state index in [0.29, 0.717) is 5.92 Å². The minimum absolute atomic E-state index is 0.314. The Labute approximate surface area is 83.1 Å². The van der Waals surface area contributed by atoms with Gasteiger partial charge in [0.25, 0.3) is 0 Å². The molecule has 1 nitrogen and oxygen atoms in total. The van der Waals surface area contributed by atoms with E-state index in [1.54, 1.807) is 0 Å². The topological polar surface area (TPSA) is 23.8 Å². The van der Waals surface area contributed by atoms with E-state index in [0.717, 1.165) is 18.8 Å². The van der Waals surface area contributed by atoms with Gasteiger partial charge in [-0.05, 0) is 25.2 Å². The third-order valence-electron chi connectivity index (χ3n) is 2.43. The van der Waals surface area contributed by atoms with Crippen LogP contribution in [-0.2, 0) is 0 Å². The summed E-state index contributed by atoms with van der Waals surface area (Å²) in [4.78, 5) is 0. The normalized spacial score (nSPS) is 12.8. The molecular weight excluding hydrogens is 158 g/mol. The first kappa shape index (κ1) is 12.5. The van der Waals surface area contributed by atoms with E-state index in [1.165, 1.54) is 25.7 Å². The molecule has 0 amide bonds. The molecule has 0 radical (unpaired) electrons. The predicted molar refractivity (Wildman–Crippen MR) is 57.3 cm³/mol. The number of unbranched alkanes of at least 4 members (excludes halogenated alkanes) is 2. The van der Waals surface area contributed by atoms with Crippen LogP contribution >= 0.6 is 0 Å². The molecule has 0 saturated carbocycles. The summed E-state index contributed by atoms with van der Waals surface area (Å²) in [7, 11) is 0. The van der Waals surface area contributed by atoms with Gasteiger partial charge in [-0.3, -0.25) is 0 Å². The van der Waals surface area contributed by atoms with Crippen LogP contribution in [0.4, 0.5) is 0 Å². The van der Waals surface area contributed by atoms with Crippen molar-refractivity contribution in [1.29, 1.82) is 5.26 Å². The number of nitrogens with zero attached hydrogens (tertiary/aromatic N) is 1. The molecule has 0 spiro atoms.